The highest BCUT2D eigenvalue weighted by Gasteiger charge is 2.18. The molecule has 1 aromatic heterocycles. The summed E-state index contributed by atoms with van der Waals surface area (Å²) in [5.74, 6) is 0.824. The Bertz CT molecular complexity index is 782. The topological polar surface area (TPSA) is 87.0 Å². The van der Waals surface area contributed by atoms with Gasteiger partial charge in [-0.2, -0.15) is 0 Å². The lowest BCUT2D eigenvalue weighted by molar-refractivity contribution is -0.124. The molecule has 0 radical (unpaired) electrons. The molecule has 0 spiro atoms. The van der Waals surface area contributed by atoms with Crippen LogP contribution in [0, 0.1) is 6.92 Å². The Kier molecular flexibility index (Phi) is 4.92. The molecule has 25 heavy (non-hydrogen) atoms. The minimum Gasteiger partial charge on any atom is -0.486 e. The first-order chi connectivity index (χ1) is 12.0. The minimum absolute atomic E-state index is 0.266. The number of amides is 1. The third kappa shape index (κ3) is 3.93. The van der Waals surface area contributed by atoms with Crippen molar-refractivity contribution < 1.29 is 28.2 Å². The number of carbonyl (C=O) groups is 2. The molecule has 7 nitrogen and oxygen atoms in total. The molecule has 1 amide bonds. The Labute approximate surface area is 144 Å². The van der Waals surface area contributed by atoms with Crippen LogP contribution in [0.3, 0.4) is 0 Å². The first kappa shape index (κ1) is 16.9. The second kappa shape index (κ2) is 7.29. The Hall–Kier alpha value is -2.96. The fraction of sp³-hybridized carbons (Fsp3) is 0.333. The minimum atomic E-state index is -0.589. The highest BCUT2D eigenvalue weighted by molar-refractivity contribution is 5.92. The van der Waals surface area contributed by atoms with Gasteiger partial charge in [0.05, 0.1) is 12.3 Å². The van der Waals surface area contributed by atoms with Gasteiger partial charge in [0, 0.05) is 0 Å². The second-order valence-corrected chi connectivity index (χ2v) is 5.66. The molecular weight excluding hydrogens is 326 g/mol. The van der Waals surface area contributed by atoms with E-state index in [-0.39, 0.29) is 12.6 Å². The van der Waals surface area contributed by atoms with E-state index in [1.54, 1.807) is 6.92 Å². The number of furan rings is 1. The summed E-state index contributed by atoms with van der Waals surface area (Å²) < 4.78 is 21.0. The van der Waals surface area contributed by atoms with E-state index in [9.17, 15) is 9.59 Å². The molecule has 1 aliphatic heterocycles. The van der Waals surface area contributed by atoms with Crippen molar-refractivity contribution in [3.05, 3.63) is 47.4 Å². The lowest BCUT2D eigenvalue weighted by Crippen LogP contribution is -2.31. The van der Waals surface area contributed by atoms with E-state index in [2.05, 4.69) is 5.32 Å². The highest BCUT2D eigenvalue weighted by Crippen LogP contribution is 2.32. The van der Waals surface area contributed by atoms with E-state index in [0.29, 0.717) is 36.0 Å². The molecule has 3 rings (SSSR count). The molecule has 0 saturated carbocycles. The number of benzene rings is 1. The van der Waals surface area contributed by atoms with Gasteiger partial charge >= 0.3 is 5.97 Å². The van der Waals surface area contributed by atoms with Crippen LogP contribution in [0.25, 0.3) is 0 Å². The van der Waals surface area contributed by atoms with Crippen LogP contribution in [-0.4, -0.2) is 31.7 Å². The zero-order valence-corrected chi connectivity index (χ0v) is 14.0. The van der Waals surface area contributed by atoms with Crippen molar-refractivity contribution in [2.75, 3.05) is 19.8 Å². The SMILES string of the molecule is Cc1occc1C(=O)OCC(=O)N[C@H](C)c1ccc2c(c1)OCCO2. The molecule has 0 bridgehead atoms. The van der Waals surface area contributed by atoms with Crippen molar-refractivity contribution in [3.63, 3.8) is 0 Å². The Morgan fingerprint density at radius 1 is 1.20 bits per heavy atom. The van der Waals surface area contributed by atoms with E-state index < -0.39 is 11.9 Å². The standard InChI is InChI=1S/C18H19NO6/c1-11(13-3-4-15-16(9-13)24-8-7-23-15)19-17(20)10-25-18(21)14-5-6-22-12(14)2/h3-6,9,11H,7-8,10H2,1-2H3,(H,19,20)/t11-/m1/s1. The third-order valence-corrected chi connectivity index (χ3v) is 3.86. The van der Waals surface area contributed by atoms with Crippen LogP contribution in [0.5, 0.6) is 11.5 Å². The van der Waals surface area contributed by atoms with E-state index >= 15 is 0 Å². The maximum atomic E-state index is 12.0. The predicted octanol–water partition coefficient (Wildman–Crippen LogP) is 2.39. The Morgan fingerprint density at radius 2 is 1.96 bits per heavy atom. The molecule has 132 valence electrons. The molecule has 1 aliphatic rings. The van der Waals surface area contributed by atoms with Gasteiger partial charge in [-0.05, 0) is 37.6 Å². The van der Waals surface area contributed by atoms with E-state index in [1.807, 2.05) is 25.1 Å². The third-order valence-electron chi connectivity index (χ3n) is 3.86. The van der Waals surface area contributed by atoms with E-state index in [0.717, 1.165) is 5.56 Å². The zero-order chi connectivity index (χ0) is 17.8. The maximum Gasteiger partial charge on any atom is 0.342 e. The fourth-order valence-corrected chi connectivity index (χ4v) is 2.50. The number of hydrogen-bond acceptors (Lipinski definition) is 6. The first-order valence-corrected chi connectivity index (χ1v) is 7.94. The molecule has 0 saturated heterocycles. The lowest BCUT2D eigenvalue weighted by atomic mass is 10.1. The summed E-state index contributed by atoms with van der Waals surface area (Å²) >= 11 is 0. The van der Waals surface area contributed by atoms with E-state index in [4.69, 9.17) is 18.6 Å². The van der Waals surface area contributed by atoms with Gasteiger partial charge in [0.2, 0.25) is 0 Å². The highest BCUT2D eigenvalue weighted by atomic mass is 16.6. The Morgan fingerprint density at radius 3 is 2.68 bits per heavy atom. The largest absolute Gasteiger partial charge is 0.486 e. The molecule has 1 N–H and O–H groups in total. The number of nitrogens with one attached hydrogen (secondary N) is 1. The van der Waals surface area contributed by atoms with Crippen LogP contribution in [0.15, 0.2) is 34.9 Å². The number of fused-ring (bicyclic) bond motifs is 1. The zero-order valence-electron chi connectivity index (χ0n) is 14.0. The van der Waals surface area contributed by atoms with Gasteiger partial charge in [-0.1, -0.05) is 6.07 Å². The van der Waals surface area contributed by atoms with Gasteiger partial charge in [-0.15, -0.1) is 0 Å². The summed E-state index contributed by atoms with van der Waals surface area (Å²) in [6.45, 7) is 4.16. The van der Waals surface area contributed by atoms with Gasteiger partial charge in [-0.3, -0.25) is 4.79 Å². The van der Waals surface area contributed by atoms with Crippen molar-refractivity contribution in [1.82, 2.24) is 5.32 Å². The fourth-order valence-electron chi connectivity index (χ4n) is 2.50. The number of ether oxygens (including phenoxy) is 3. The molecule has 0 fully saturated rings. The van der Waals surface area contributed by atoms with Gasteiger partial charge in [0.25, 0.3) is 5.91 Å². The lowest BCUT2D eigenvalue weighted by Gasteiger charge is -2.21. The summed E-state index contributed by atoms with van der Waals surface area (Å²) in [5, 5.41) is 2.78. The summed E-state index contributed by atoms with van der Waals surface area (Å²) in [6, 6.07) is 6.75. The van der Waals surface area contributed by atoms with Gasteiger partial charge in [-0.25, -0.2) is 4.79 Å². The van der Waals surface area contributed by atoms with Crippen LogP contribution < -0.4 is 14.8 Å². The Balaban J connectivity index is 1.54. The quantitative estimate of drug-likeness (QED) is 0.837. The molecule has 1 atom stereocenters. The van der Waals surface area contributed by atoms with Crippen molar-refractivity contribution >= 4 is 11.9 Å². The smallest absolute Gasteiger partial charge is 0.342 e. The molecule has 2 heterocycles. The summed E-state index contributed by atoms with van der Waals surface area (Å²) in [4.78, 5) is 23.9. The normalized spacial score (nSPS) is 13.8. The number of aryl methyl sites for hydroxylation is 1. The van der Waals surface area contributed by atoms with Crippen molar-refractivity contribution in [1.29, 1.82) is 0 Å². The van der Waals surface area contributed by atoms with Crippen molar-refractivity contribution in [3.8, 4) is 11.5 Å². The van der Waals surface area contributed by atoms with E-state index in [1.165, 1.54) is 12.3 Å². The monoisotopic (exact) mass is 345 g/mol. The summed E-state index contributed by atoms with van der Waals surface area (Å²) in [5.41, 5.74) is 1.18. The summed E-state index contributed by atoms with van der Waals surface area (Å²) in [7, 11) is 0. The average molecular weight is 345 g/mol. The number of carbonyl (C=O) groups excluding carboxylic acids is 2. The molecule has 1 aromatic carbocycles. The van der Waals surface area contributed by atoms with Crippen LogP contribution in [-0.2, 0) is 9.53 Å². The van der Waals surface area contributed by atoms with Gasteiger partial charge in [0.1, 0.15) is 24.5 Å². The maximum absolute atomic E-state index is 12.0. The van der Waals surface area contributed by atoms with Crippen molar-refractivity contribution in [2.24, 2.45) is 0 Å². The predicted molar refractivity (Wildman–Crippen MR) is 87.7 cm³/mol. The van der Waals surface area contributed by atoms with Crippen LogP contribution in [0.4, 0.5) is 0 Å². The van der Waals surface area contributed by atoms with Gasteiger partial charge in [0.15, 0.2) is 18.1 Å². The van der Waals surface area contributed by atoms with Crippen LogP contribution in [0.2, 0.25) is 0 Å². The van der Waals surface area contributed by atoms with Crippen LogP contribution in [0.1, 0.15) is 34.6 Å². The average Bonchev–Trinajstić information content (AvgIpc) is 3.05. The summed E-state index contributed by atoms with van der Waals surface area (Å²) in [6.07, 6.45) is 1.40. The molecule has 0 unspecified atom stereocenters. The second-order valence-electron chi connectivity index (χ2n) is 5.66. The first-order valence-electron chi connectivity index (χ1n) is 7.94. The van der Waals surface area contributed by atoms with Crippen molar-refractivity contribution in [2.45, 2.75) is 19.9 Å². The molecular formula is C18H19NO6. The molecule has 7 heteroatoms. The number of hydrogen-bond donors (Lipinski definition) is 1. The number of rotatable bonds is 5. The van der Waals surface area contributed by atoms with Gasteiger partial charge < -0.3 is 23.9 Å². The molecule has 0 aliphatic carbocycles. The molecule has 2 aromatic rings. The number of esters is 1. The van der Waals surface area contributed by atoms with Crippen LogP contribution >= 0.6 is 0 Å².